The van der Waals surface area contributed by atoms with Crippen molar-refractivity contribution >= 4 is 29.4 Å². The largest absolute Gasteiger partial charge is 0.497 e. The van der Waals surface area contributed by atoms with Gasteiger partial charge < -0.3 is 41.2 Å². The predicted molar refractivity (Wildman–Crippen MR) is 159 cm³/mol. The molecule has 4 rings (SSSR count). The van der Waals surface area contributed by atoms with Gasteiger partial charge >= 0.3 is 0 Å². The molecule has 0 spiro atoms. The Kier molecular flexibility index (Phi) is 11.9. The van der Waals surface area contributed by atoms with E-state index < -0.39 is 0 Å². The van der Waals surface area contributed by atoms with Crippen LogP contribution in [0.4, 0.5) is 23.5 Å². The molecule has 3 aromatic rings. The predicted octanol–water partition coefficient (Wildman–Crippen LogP) is 3.31. The summed E-state index contributed by atoms with van der Waals surface area (Å²) in [6, 6.07) is 15.3. The van der Waals surface area contributed by atoms with Gasteiger partial charge in [0.05, 0.1) is 33.5 Å². The molecule has 1 heterocycles. The summed E-state index contributed by atoms with van der Waals surface area (Å²) in [5.74, 6) is 2.02. The van der Waals surface area contributed by atoms with Gasteiger partial charge in [-0.2, -0.15) is 15.0 Å². The molecule has 1 aromatic heterocycles. The van der Waals surface area contributed by atoms with Crippen LogP contribution in [0.25, 0.3) is 0 Å². The fraction of sp³-hybridized carbons (Fsp3) is 0.448. The zero-order valence-electron chi connectivity index (χ0n) is 23.5. The summed E-state index contributed by atoms with van der Waals surface area (Å²) in [5.41, 5.74) is 7.74. The van der Waals surface area contributed by atoms with Gasteiger partial charge in [0, 0.05) is 36.9 Å². The maximum Gasteiger partial charge on any atom is 0.251 e. The number of rotatable bonds is 17. The van der Waals surface area contributed by atoms with Crippen LogP contribution < -0.4 is 31.7 Å². The first-order valence-electron chi connectivity index (χ1n) is 14.0. The summed E-state index contributed by atoms with van der Waals surface area (Å²) in [6.45, 7) is 3.31. The lowest BCUT2D eigenvalue weighted by Crippen LogP contribution is -2.27. The molecule has 1 aliphatic carbocycles. The highest BCUT2D eigenvalue weighted by Gasteiger charge is 2.17. The number of carbonyl (C=O) groups excluding carboxylic acids is 1. The highest BCUT2D eigenvalue weighted by Crippen LogP contribution is 2.23. The second-order valence-corrected chi connectivity index (χ2v) is 9.61. The monoisotopic (exact) mass is 564 g/mol. The number of carbonyl (C=O) groups is 1. The Morgan fingerprint density at radius 2 is 1.56 bits per heavy atom. The average molecular weight is 565 g/mol. The van der Waals surface area contributed by atoms with Crippen molar-refractivity contribution in [1.82, 2.24) is 20.3 Å². The van der Waals surface area contributed by atoms with Gasteiger partial charge in [0.1, 0.15) is 5.75 Å². The van der Waals surface area contributed by atoms with Crippen LogP contribution in [0.3, 0.4) is 0 Å². The van der Waals surface area contributed by atoms with Gasteiger partial charge in [0.15, 0.2) is 0 Å². The number of methoxy groups -OCH3 is 1. The highest BCUT2D eigenvalue weighted by molar-refractivity contribution is 5.94. The van der Waals surface area contributed by atoms with E-state index in [4.69, 9.17) is 19.9 Å². The summed E-state index contributed by atoms with van der Waals surface area (Å²) in [5, 5.41) is 12.8. The standard InChI is InChI=1S/C29H40N8O4/c1-39-25-12-6-21(7-13-25)20-32-27-35-28(33-23-4-2-3-5-23)37-29(36-27)34-24-10-8-22(9-11-24)26(38)31-15-17-41-19-18-40-16-14-30/h6-13,23H,2-5,14-20,30H2,1H3,(H,31,38)(H3,32,33,34,35,36,37). The molecule has 1 amide bonds. The average Bonchev–Trinajstić information content (AvgIpc) is 3.51. The van der Waals surface area contributed by atoms with Crippen molar-refractivity contribution < 1.29 is 19.0 Å². The Labute approximate surface area is 240 Å². The SMILES string of the molecule is COc1ccc(CNc2nc(Nc3ccc(C(=O)NCCOCCOCCN)cc3)nc(NC3CCCC3)n2)cc1. The van der Waals surface area contributed by atoms with Gasteiger partial charge in [-0.15, -0.1) is 0 Å². The van der Waals surface area contributed by atoms with E-state index in [0.29, 0.717) is 75.5 Å². The van der Waals surface area contributed by atoms with Crippen molar-refractivity contribution in [2.24, 2.45) is 5.73 Å². The van der Waals surface area contributed by atoms with Crippen LogP contribution in [0, 0.1) is 0 Å². The van der Waals surface area contributed by atoms with Crippen molar-refractivity contribution in [1.29, 1.82) is 0 Å². The topological polar surface area (TPSA) is 158 Å². The number of aromatic nitrogens is 3. The number of amides is 1. The maximum absolute atomic E-state index is 12.5. The van der Waals surface area contributed by atoms with Crippen LogP contribution >= 0.6 is 0 Å². The van der Waals surface area contributed by atoms with Crippen molar-refractivity contribution in [2.45, 2.75) is 38.3 Å². The van der Waals surface area contributed by atoms with E-state index in [1.54, 1.807) is 19.2 Å². The summed E-state index contributed by atoms with van der Waals surface area (Å²) in [6.07, 6.45) is 4.60. The lowest BCUT2D eigenvalue weighted by atomic mass is 10.2. The lowest BCUT2D eigenvalue weighted by Gasteiger charge is -2.15. The Hall–Kier alpha value is -4.00. The summed E-state index contributed by atoms with van der Waals surface area (Å²) in [7, 11) is 1.65. The number of anilines is 4. The van der Waals surface area contributed by atoms with E-state index in [0.717, 1.165) is 29.8 Å². The number of nitrogens with zero attached hydrogens (tertiary/aromatic N) is 3. The molecular weight excluding hydrogens is 524 g/mol. The van der Waals surface area contributed by atoms with Crippen LogP contribution in [0.15, 0.2) is 48.5 Å². The Morgan fingerprint density at radius 1 is 0.878 bits per heavy atom. The minimum absolute atomic E-state index is 0.173. The van der Waals surface area contributed by atoms with Crippen LogP contribution in [0.1, 0.15) is 41.6 Å². The first-order valence-corrected chi connectivity index (χ1v) is 14.0. The van der Waals surface area contributed by atoms with Crippen LogP contribution in [-0.2, 0) is 16.0 Å². The van der Waals surface area contributed by atoms with Gasteiger partial charge in [-0.25, -0.2) is 0 Å². The zero-order chi connectivity index (χ0) is 28.7. The second-order valence-electron chi connectivity index (χ2n) is 9.61. The number of ether oxygens (including phenoxy) is 3. The minimum atomic E-state index is -0.173. The molecule has 0 radical (unpaired) electrons. The van der Waals surface area contributed by atoms with E-state index in [2.05, 4.69) is 36.2 Å². The van der Waals surface area contributed by atoms with Crippen LogP contribution in [-0.4, -0.2) is 73.5 Å². The lowest BCUT2D eigenvalue weighted by molar-refractivity contribution is 0.0511. The molecule has 0 atom stereocenters. The summed E-state index contributed by atoms with van der Waals surface area (Å²) >= 11 is 0. The molecule has 2 aromatic carbocycles. The molecule has 0 unspecified atom stereocenters. The molecule has 220 valence electrons. The Bertz CT molecular complexity index is 1200. The number of hydrogen-bond donors (Lipinski definition) is 5. The minimum Gasteiger partial charge on any atom is -0.497 e. The van der Waals surface area contributed by atoms with Crippen molar-refractivity contribution in [3.05, 3.63) is 59.7 Å². The maximum atomic E-state index is 12.5. The molecule has 12 heteroatoms. The highest BCUT2D eigenvalue weighted by atomic mass is 16.5. The fourth-order valence-electron chi connectivity index (χ4n) is 4.33. The van der Waals surface area contributed by atoms with Crippen LogP contribution in [0.5, 0.6) is 5.75 Å². The van der Waals surface area contributed by atoms with Crippen LogP contribution in [0.2, 0.25) is 0 Å². The smallest absolute Gasteiger partial charge is 0.251 e. The molecule has 1 saturated carbocycles. The van der Waals surface area contributed by atoms with E-state index >= 15 is 0 Å². The van der Waals surface area contributed by atoms with Crippen molar-refractivity contribution in [2.75, 3.05) is 62.6 Å². The summed E-state index contributed by atoms with van der Waals surface area (Å²) < 4.78 is 15.9. The Balaban J connectivity index is 1.33. The number of benzene rings is 2. The molecular formula is C29H40N8O4. The molecule has 6 N–H and O–H groups in total. The van der Waals surface area contributed by atoms with Gasteiger partial charge in [-0.1, -0.05) is 25.0 Å². The molecule has 1 aliphatic rings. The number of hydrogen-bond acceptors (Lipinski definition) is 11. The molecule has 0 saturated heterocycles. The van der Waals surface area contributed by atoms with Gasteiger partial charge in [-0.05, 0) is 54.8 Å². The molecule has 12 nitrogen and oxygen atoms in total. The van der Waals surface area contributed by atoms with E-state index in [1.807, 2.05) is 36.4 Å². The van der Waals surface area contributed by atoms with E-state index in [1.165, 1.54) is 12.8 Å². The third-order valence-corrected chi connectivity index (χ3v) is 6.50. The summed E-state index contributed by atoms with van der Waals surface area (Å²) in [4.78, 5) is 26.3. The van der Waals surface area contributed by atoms with Gasteiger partial charge in [-0.3, -0.25) is 4.79 Å². The molecule has 1 fully saturated rings. The van der Waals surface area contributed by atoms with E-state index in [9.17, 15) is 4.79 Å². The molecule has 0 aliphatic heterocycles. The normalized spacial score (nSPS) is 13.1. The van der Waals surface area contributed by atoms with Crippen molar-refractivity contribution in [3.63, 3.8) is 0 Å². The van der Waals surface area contributed by atoms with Crippen molar-refractivity contribution in [3.8, 4) is 5.75 Å². The fourth-order valence-corrected chi connectivity index (χ4v) is 4.33. The first-order chi connectivity index (χ1) is 20.1. The number of nitrogens with two attached hydrogens (primary N) is 1. The molecule has 41 heavy (non-hydrogen) atoms. The van der Waals surface area contributed by atoms with Gasteiger partial charge in [0.2, 0.25) is 17.8 Å². The van der Waals surface area contributed by atoms with Gasteiger partial charge in [0.25, 0.3) is 5.91 Å². The quantitative estimate of drug-likeness (QED) is 0.153. The first kappa shape index (κ1) is 30.0. The second kappa shape index (κ2) is 16.3. The third kappa shape index (κ3) is 10.2. The Morgan fingerprint density at radius 3 is 2.27 bits per heavy atom. The zero-order valence-corrected chi connectivity index (χ0v) is 23.5. The molecule has 0 bridgehead atoms. The third-order valence-electron chi connectivity index (χ3n) is 6.50. The van der Waals surface area contributed by atoms with E-state index in [-0.39, 0.29) is 5.91 Å². The number of nitrogens with one attached hydrogen (secondary N) is 4.